The summed E-state index contributed by atoms with van der Waals surface area (Å²) < 4.78 is 10.0. The number of nitrogens with zero attached hydrogens (tertiary/aromatic N) is 4. The highest BCUT2D eigenvalue weighted by Gasteiger charge is 2.22. The molecule has 4 aromatic rings. The molecule has 0 N–H and O–H groups in total. The number of aromatic nitrogens is 3. The Labute approximate surface area is 225 Å². The van der Waals surface area contributed by atoms with Gasteiger partial charge in [0.25, 0.3) is 5.56 Å². The van der Waals surface area contributed by atoms with Crippen LogP contribution in [0.3, 0.4) is 0 Å². The van der Waals surface area contributed by atoms with Crippen LogP contribution in [0.5, 0.6) is 5.75 Å². The Morgan fingerprint density at radius 3 is 2.62 bits per heavy atom. The molecule has 2 heterocycles. The minimum Gasteiger partial charge on any atom is -0.481 e. The molecule has 188 valence electrons. The first-order chi connectivity index (χ1) is 18.0. The van der Waals surface area contributed by atoms with E-state index in [1.54, 1.807) is 6.21 Å². The lowest BCUT2D eigenvalue weighted by Crippen LogP contribution is -2.25. The van der Waals surface area contributed by atoms with E-state index in [4.69, 9.17) is 21.2 Å². The molecule has 2 aromatic heterocycles. The van der Waals surface area contributed by atoms with E-state index in [9.17, 15) is 4.79 Å². The number of ether oxygens (including phenoxy) is 1. The Kier molecular flexibility index (Phi) is 7.29. The van der Waals surface area contributed by atoms with E-state index in [0.29, 0.717) is 10.9 Å². The van der Waals surface area contributed by atoms with Gasteiger partial charge in [-0.05, 0) is 75.2 Å². The maximum Gasteiger partial charge on any atom is 0.282 e. The summed E-state index contributed by atoms with van der Waals surface area (Å²) in [5.74, 6) is 4.20. The number of hydrogen-bond donors (Lipinski definition) is 0. The Balaban J connectivity index is 1.54. The smallest absolute Gasteiger partial charge is 0.282 e. The van der Waals surface area contributed by atoms with Crippen molar-refractivity contribution in [1.29, 1.82) is 0 Å². The van der Waals surface area contributed by atoms with Crippen molar-refractivity contribution in [2.24, 2.45) is 5.10 Å². The van der Waals surface area contributed by atoms with Crippen molar-refractivity contribution in [1.82, 2.24) is 14.2 Å². The summed E-state index contributed by atoms with van der Waals surface area (Å²) in [6.07, 6.45) is 12.6. The largest absolute Gasteiger partial charge is 0.481 e. The van der Waals surface area contributed by atoms with E-state index in [0.717, 1.165) is 64.4 Å². The number of fused-ring (bicyclic) bond motifs is 1. The van der Waals surface area contributed by atoms with Gasteiger partial charge in [-0.15, -0.1) is 6.42 Å². The molecule has 5 rings (SSSR count). The van der Waals surface area contributed by atoms with Crippen LogP contribution in [0, 0.1) is 26.2 Å². The van der Waals surface area contributed by atoms with Gasteiger partial charge in [0.2, 0.25) is 0 Å². The average molecular weight is 557 g/mol. The predicted octanol–water partition coefficient (Wildman–Crippen LogP) is 6.51. The Morgan fingerprint density at radius 1 is 1.14 bits per heavy atom. The standard InChI is InChI=1S/C30H29BrN4O2/c1-4-16-37-26-13-11-25(12-14-26)34-20(2)17-23(21(34)3)19-32-35-29(22-8-6-5-7-9-22)33-28-15-10-24(31)18-27(28)30(35)36/h1,10-15,17-19,22H,5-9,16H2,2-3H3. The molecule has 0 saturated heterocycles. The summed E-state index contributed by atoms with van der Waals surface area (Å²) in [7, 11) is 0. The van der Waals surface area contributed by atoms with Crippen molar-refractivity contribution < 1.29 is 4.74 Å². The molecule has 0 spiro atoms. The fourth-order valence-corrected chi connectivity index (χ4v) is 5.52. The zero-order valence-corrected chi connectivity index (χ0v) is 22.7. The normalized spacial score (nSPS) is 14.3. The van der Waals surface area contributed by atoms with Crippen LogP contribution in [0.25, 0.3) is 16.6 Å². The van der Waals surface area contributed by atoms with E-state index >= 15 is 0 Å². The first-order valence-corrected chi connectivity index (χ1v) is 13.4. The van der Waals surface area contributed by atoms with Gasteiger partial charge < -0.3 is 9.30 Å². The summed E-state index contributed by atoms with van der Waals surface area (Å²) in [5.41, 5.74) is 4.63. The van der Waals surface area contributed by atoms with Gasteiger partial charge in [-0.1, -0.05) is 41.1 Å². The van der Waals surface area contributed by atoms with Crippen LogP contribution >= 0.6 is 15.9 Å². The van der Waals surface area contributed by atoms with E-state index in [2.05, 4.69) is 46.3 Å². The number of halogens is 1. The van der Waals surface area contributed by atoms with E-state index < -0.39 is 0 Å². The molecular weight excluding hydrogens is 528 g/mol. The summed E-state index contributed by atoms with van der Waals surface area (Å²) in [5, 5.41) is 5.30. The monoisotopic (exact) mass is 556 g/mol. The number of benzene rings is 2. The van der Waals surface area contributed by atoms with E-state index in [1.165, 1.54) is 11.1 Å². The second-order valence-corrected chi connectivity index (χ2v) is 10.4. The minimum absolute atomic E-state index is 0.139. The Morgan fingerprint density at radius 2 is 1.89 bits per heavy atom. The molecule has 1 fully saturated rings. The molecule has 0 atom stereocenters. The van der Waals surface area contributed by atoms with Crippen molar-refractivity contribution >= 4 is 33.0 Å². The van der Waals surface area contributed by atoms with Crippen molar-refractivity contribution in [2.75, 3.05) is 6.61 Å². The number of terminal acetylenes is 1. The molecule has 37 heavy (non-hydrogen) atoms. The van der Waals surface area contributed by atoms with Gasteiger partial charge in [0, 0.05) is 33.0 Å². The second kappa shape index (κ2) is 10.8. The molecule has 0 amide bonds. The fourth-order valence-electron chi connectivity index (χ4n) is 5.15. The first kappa shape index (κ1) is 25.0. The van der Waals surface area contributed by atoms with Gasteiger partial charge in [-0.2, -0.15) is 9.78 Å². The van der Waals surface area contributed by atoms with Crippen LogP contribution in [0.15, 0.2) is 62.9 Å². The third kappa shape index (κ3) is 5.12. The van der Waals surface area contributed by atoms with Crippen LogP contribution in [0.4, 0.5) is 0 Å². The highest BCUT2D eigenvalue weighted by molar-refractivity contribution is 9.10. The lowest BCUT2D eigenvalue weighted by Gasteiger charge is -2.22. The van der Waals surface area contributed by atoms with Crippen LogP contribution < -0.4 is 10.3 Å². The van der Waals surface area contributed by atoms with Crippen LogP contribution in [0.1, 0.15) is 60.8 Å². The quantitative estimate of drug-likeness (QED) is 0.201. The van der Waals surface area contributed by atoms with Crippen molar-refractivity contribution in [3.8, 4) is 23.8 Å². The molecule has 0 unspecified atom stereocenters. The van der Waals surface area contributed by atoms with Gasteiger partial charge in [-0.25, -0.2) is 4.98 Å². The molecule has 6 nitrogen and oxygen atoms in total. The molecule has 1 aliphatic rings. The van der Waals surface area contributed by atoms with Gasteiger partial charge in [-0.3, -0.25) is 4.79 Å². The number of hydrogen-bond acceptors (Lipinski definition) is 4. The average Bonchev–Trinajstić information content (AvgIpc) is 3.20. The molecule has 7 heteroatoms. The molecule has 1 aliphatic carbocycles. The Bertz CT molecular complexity index is 1570. The van der Waals surface area contributed by atoms with Gasteiger partial charge in [0.1, 0.15) is 18.2 Å². The van der Waals surface area contributed by atoms with Gasteiger partial charge >= 0.3 is 0 Å². The third-order valence-electron chi connectivity index (χ3n) is 7.00. The third-order valence-corrected chi connectivity index (χ3v) is 7.50. The lowest BCUT2D eigenvalue weighted by atomic mass is 9.88. The summed E-state index contributed by atoms with van der Waals surface area (Å²) >= 11 is 3.49. The van der Waals surface area contributed by atoms with Crippen LogP contribution in [-0.2, 0) is 0 Å². The van der Waals surface area contributed by atoms with Gasteiger partial charge in [0.05, 0.1) is 17.1 Å². The topological polar surface area (TPSA) is 61.4 Å². The Hall–Kier alpha value is -3.63. The molecule has 0 bridgehead atoms. The number of aryl methyl sites for hydroxylation is 1. The van der Waals surface area contributed by atoms with Crippen LogP contribution in [-0.4, -0.2) is 27.0 Å². The minimum atomic E-state index is -0.139. The maximum absolute atomic E-state index is 13.6. The number of rotatable bonds is 6. The fraction of sp³-hybridized carbons (Fsp3) is 0.300. The highest BCUT2D eigenvalue weighted by atomic mass is 79.9. The summed E-state index contributed by atoms with van der Waals surface area (Å²) in [6.45, 7) is 4.35. The first-order valence-electron chi connectivity index (χ1n) is 12.6. The molecule has 0 aliphatic heterocycles. The zero-order valence-electron chi connectivity index (χ0n) is 21.1. The summed E-state index contributed by atoms with van der Waals surface area (Å²) in [4.78, 5) is 18.5. The SMILES string of the molecule is C#CCOc1ccc(-n2c(C)cc(C=Nn3c(C4CCCCC4)nc4ccc(Br)cc4c3=O)c2C)cc1. The predicted molar refractivity (Wildman–Crippen MR) is 152 cm³/mol. The summed E-state index contributed by atoms with van der Waals surface area (Å²) in [6, 6.07) is 15.6. The highest BCUT2D eigenvalue weighted by Crippen LogP contribution is 2.32. The van der Waals surface area contributed by atoms with Crippen molar-refractivity contribution in [3.63, 3.8) is 0 Å². The van der Waals surface area contributed by atoms with Crippen molar-refractivity contribution in [2.45, 2.75) is 51.9 Å². The second-order valence-electron chi connectivity index (χ2n) is 9.48. The lowest BCUT2D eigenvalue weighted by molar-refractivity contribution is 0.370. The van der Waals surface area contributed by atoms with Crippen LogP contribution in [0.2, 0.25) is 0 Å². The molecular formula is C30H29BrN4O2. The van der Waals surface area contributed by atoms with E-state index in [-0.39, 0.29) is 18.1 Å². The van der Waals surface area contributed by atoms with Crippen molar-refractivity contribution in [3.05, 3.63) is 86.1 Å². The molecule has 0 radical (unpaired) electrons. The maximum atomic E-state index is 13.6. The van der Waals surface area contributed by atoms with Gasteiger partial charge in [0.15, 0.2) is 0 Å². The molecule has 1 saturated carbocycles. The molecule has 2 aromatic carbocycles. The zero-order chi connectivity index (χ0) is 25.9. The van der Waals surface area contributed by atoms with E-state index in [1.807, 2.05) is 42.5 Å².